The van der Waals surface area contributed by atoms with Crippen LogP contribution in [0.1, 0.15) is 28.6 Å². The zero-order valence-electron chi connectivity index (χ0n) is 16.1. The highest BCUT2D eigenvalue weighted by atomic mass is 32.2. The first-order valence-electron chi connectivity index (χ1n) is 9.12. The normalized spacial score (nSPS) is 12.5. The zero-order valence-corrected chi connectivity index (χ0v) is 16.9. The van der Waals surface area contributed by atoms with E-state index in [2.05, 4.69) is 10.0 Å². The minimum absolute atomic E-state index is 0.00168. The van der Waals surface area contributed by atoms with Crippen LogP contribution in [0, 0.1) is 11.6 Å². The maximum Gasteiger partial charge on any atom is 0.251 e. The standard InChI is InChI=1S/C21H20F2N2O4S/c1-14(12-18-19(22)5-2-6-20(18)23)25-21(26)15-7-9-17(10-8-15)30(27,28)24-13-16-4-3-11-29-16/h2-11,14,24H,12-13H2,1H3,(H,25,26). The van der Waals surface area contributed by atoms with Crippen LogP contribution < -0.4 is 10.0 Å². The molecule has 6 nitrogen and oxygen atoms in total. The summed E-state index contributed by atoms with van der Waals surface area (Å²) < 4.78 is 59.7. The van der Waals surface area contributed by atoms with Gasteiger partial charge in [-0.05, 0) is 61.9 Å². The smallest absolute Gasteiger partial charge is 0.251 e. The predicted molar refractivity (Wildman–Crippen MR) is 106 cm³/mol. The van der Waals surface area contributed by atoms with Gasteiger partial charge < -0.3 is 9.73 Å². The van der Waals surface area contributed by atoms with Crippen LogP contribution in [0.2, 0.25) is 0 Å². The van der Waals surface area contributed by atoms with Gasteiger partial charge in [-0.25, -0.2) is 21.9 Å². The van der Waals surface area contributed by atoms with E-state index in [1.807, 2.05) is 0 Å². The molecule has 1 heterocycles. The second-order valence-corrected chi connectivity index (χ2v) is 8.47. The molecule has 1 atom stereocenters. The Bertz CT molecular complexity index is 1090. The summed E-state index contributed by atoms with van der Waals surface area (Å²) in [6.07, 6.45) is 1.42. The molecular weight excluding hydrogens is 414 g/mol. The van der Waals surface area contributed by atoms with Gasteiger partial charge in [0.15, 0.2) is 0 Å². The first kappa shape index (κ1) is 21.7. The molecule has 1 amide bonds. The van der Waals surface area contributed by atoms with E-state index in [0.29, 0.717) is 5.76 Å². The average molecular weight is 434 g/mol. The van der Waals surface area contributed by atoms with Crippen molar-refractivity contribution in [2.24, 2.45) is 0 Å². The van der Waals surface area contributed by atoms with Gasteiger partial charge in [0.1, 0.15) is 17.4 Å². The van der Waals surface area contributed by atoms with Gasteiger partial charge >= 0.3 is 0 Å². The fourth-order valence-electron chi connectivity index (χ4n) is 2.84. The van der Waals surface area contributed by atoms with Crippen molar-refractivity contribution in [1.82, 2.24) is 10.0 Å². The maximum atomic E-state index is 13.8. The van der Waals surface area contributed by atoms with Crippen LogP contribution in [0.15, 0.2) is 70.2 Å². The summed E-state index contributed by atoms with van der Waals surface area (Å²) in [6, 6.07) is 11.7. The number of halogens is 2. The highest BCUT2D eigenvalue weighted by molar-refractivity contribution is 7.89. The van der Waals surface area contributed by atoms with Gasteiger partial charge in [-0.1, -0.05) is 6.07 Å². The van der Waals surface area contributed by atoms with Crippen LogP contribution in [-0.4, -0.2) is 20.4 Å². The summed E-state index contributed by atoms with van der Waals surface area (Å²) in [5.74, 6) is -1.36. The third-order valence-corrected chi connectivity index (χ3v) is 5.81. The summed E-state index contributed by atoms with van der Waals surface area (Å²) in [5.41, 5.74) is 0.121. The number of furan rings is 1. The van der Waals surface area contributed by atoms with Crippen molar-refractivity contribution in [1.29, 1.82) is 0 Å². The number of hydrogen-bond acceptors (Lipinski definition) is 4. The SMILES string of the molecule is CC(Cc1c(F)cccc1F)NC(=O)c1ccc(S(=O)(=O)NCc2ccco2)cc1. The van der Waals surface area contributed by atoms with Gasteiger partial charge in [0.25, 0.3) is 5.91 Å². The average Bonchev–Trinajstić information content (AvgIpc) is 3.23. The molecule has 158 valence electrons. The molecule has 0 aliphatic heterocycles. The Morgan fingerprint density at radius 3 is 2.30 bits per heavy atom. The van der Waals surface area contributed by atoms with Crippen molar-refractivity contribution in [3.05, 3.63) is 89.4 Å². The molecule has 0 saturated carbocycles. The largest absolute Gasteiger partial charge is 0.468 e. The highest BCUT2D eigenvalue weighted by Crippen LogP contribution is 2.15. The lowest BCUT2D eigenvalue weighted by atomic mass is 10.1. The number of carbonyl (C=O) groups is 1. The van der Waals surface area contributed by atoms with Gasteiger partial charge in [-0.15, -0.1) is 0 Å². The molecule has 0 fully saturated rings. The van der Waals surface area contributed by atoms with E-state index in [1.165, 1.54) is 36.6 Å². The predicted octanol–water partition coefficient (Wildman–Crippen LogP) is 3.40. The lowest BCUT2D eigenvalue weighted by Gasteiger charge is -2.15. The molecule has 0 aliphatic carbocycles. The number of sulfonamides is 1. The number of amides is 1. The van der Waals surface area contributed by atoms with Crippen molar-refractivity contribution >= 4 is 15.9 Å². The Hall–Kier alpha value is -3.04. The Morgan fingerprint density at radius 2 is 1.70 bits per heavy atom. The lowest BCUT2D eigenvalue weighted by Crippen LogP contribution is -2.34. The number of benzene rings is 2. The molecule has 2 aromatic carbocycles. The lowest BCUT2D eigenvalue weighted by molar-refractivity contribution is 0.0939. The minimum Gasteiger partial charge on any atom is -0.468 e. The Kier molecular flexibility index (Phi) is 6.63. The first-order valence-corrected chi connectivity index (χ1v) is 10.6. The van der Waals surface area contributed by atoms with E-state index in [-0.39, 0.29) is 29.0 Å². The molecule has 3 aromatic rings. The minimum atomic E-state index is -3.78. The van der Waals surface area contributed by atoms with Crippen LogP contribution in [-0.2, 0) is 23.0 Å². The Balaban J connectivity index is 1.61. The van der Waals surface area contributed by atoms with Crippen molar-refractivity contribution < 1.29 is 26.4 Å². The molecule has 1 unspecified atom stereocenters. The van der Waals surface area contributed by atoms with Crippen LogP contribution >= 0.6 is 0 Å². The van der Waals surface area contributed by atoms with E-state index in [9.17, 15) is 22.0 Å². The van der Waals surface area contributed by atoms with Crippen molar-refractivity contribution in [3.63, 3.8) is 0 Å². The summed E-state index contributed by atoms with van der Waals surface area (Å²) >= 11 is 0. The number of carbonyl (C=O) groups excluding carboxylic acids is 1. The molecule has 0 bridgehead atoms. The third kappa shape index (κ3) is 5.31. The quantitative estimate of drug-likeness (QED) is 0.569. The van der Waals surface area contributed by atoms with E-state index in [0.717, 1.165) is 12.1 Å². The van der Waals surface area contributed by atoms with Gasteiger partial charge in [-0.2, -0.15) is 0 Å². The second-order valence-electron chi connectivity index (χ2n) is 6.71. The summed E-state index contributed by atoms with van der Waals surface area (Å²) in [4.78, 5) is 12.4. The van der Waals surface area contributed by atoms with Crippen molar-refractivity contribution in [2.45, 2.75) is 30.8 Å². The van der Waals surface area contributed by atoms with Crippen LogP contribution in [0.3, 0.4) is 0 Å². The molecule has 1 aromatic heterocycles. The van der Waals surface area contributed by atoms with Gasteiger partial charge in [0.2, 0.25) is 10.0 Å². The molecule has 0 saturated heterocycles. The molecular formula is C21H20F2N2O4S. The monoisotopic (exact) mass is 434 g/mol. The summed E-state index contributed by atoms with van der Waals surface area (Å²) in [6.45, 7) is 1.63. The van der Waals surface area contributed by atoms with Crippen molar-refractivity contribution in [2.75, 3.05) is 0 Å². The molecule has 0 aliphatic rings. The third-order valence-electron chi connectivity index (χ3n) is 4.39. The van der Waals surface area contributed by atoms with Crippen LogP contribution in [0.25, 0.3) is 0 Å². The molecule has 3 rings (SSSR count). The molecule has 0 spiro atoms. The summed E-state index contributed by atoms with van der Waals surface area (Å²) in [7, 11) is -3.78. The molecule has 9 heteroatoms. The number of nitrogens with one attached hydrogen (secondary N) is 2. The van der Waals surface area contributed by atoms with Gasteiger partial charge in [-0.3, -0.25) is 4.79 Å². The fraction of sp³-hybridized carbons (Fsp3) is 0.190. The van der Waals surface area contributed by atoms with Crippen LogP contribution in [0.5, 0.6) is 0 Å². The fourth-order valence-corrected chi connectivity index (χ4v) is 3.83. The molecule has 30 heavy (non-hydrogen) atoms. The molecule has 0 radical (unpaired) electrons. The Morgan fingerprint density at radius 1 is 1.03 bits per heavy atom. The maximum absolute atomic E-state index is 13.8. The van der Waals surface area contributed by atoms with Gasteiger partial charge in [0.05, 0.1) is 17.7 Å². The number of hydrogen-bond donors (Lipinski definition) is 2. The zero-order chi connectivity index (χ0) is 21.7. The van der Waals surface area contributed by atoms with Gasteiger partial charge in [0, 0.05) is 17.2 Å². The van der Waals surface area contributed by atoms with E-state index in [1.54, 1.807) is 19.1 Å². The van der Waals surface area contributed by atoms with Crippen molar-refractivity contribution in [3.8, 4) is 0 Å². The van der Waals surface area contributed by atoms with E-state index in [4.69, 9.17) is 4.42 Å². The summed E-state index contributed by atoms with van der Waals surface area (Å²) in [5, 5.41) is 2.65. The van der Waals surface area contributed by atoms with Crippen LogP contribution in [0.4, 0.5) is 8.78 Å². The van der Waals surface area contributed by atoms with E-state index >= 15 is 0 Å². The van der Waals surface area contributed by atoms with E-state index < -0.39 is 33.6 Å². The first-order chi connectivity index (χ1) is 14.3. The molecule has 2 N–H and O–H groups in total. The second kappa shape index (κ2) is 9.19. The Labute approximate surface area is 173 Å². The number of rotatable bonds is 8. The highest BCUT2D eigenvalue weighted by Gasteiger charge is 2.18. The topological polar surface area (TPSA) is 88.4 Å².